The topological polar surface area (TPSA) is 77.1 Å². The molecule has 0 aromatic heterocycles. The fourth-order valence-electron chi connectivity index (χ4n) is 3.94. The Kier molecular flexibility index (Phi) is 8.35. The van der Waals surface area contributed by atoms with Crippen LogP contribution in [0.3, 0.4) is 0 Å². The summed E-state index contributed by atoms with van der Waals surface area (Å²) in [4.78, 5) is 27.4. The Morgan fingerprint density at radius 2 is 1.51 bits per heavy atom. The van der Waals surface area contributed by atoms with Gasteiger partial charge in [0.2, 0.25) is 0 Å². The van der Waals surface area contributed by atoms with Gasteiger partial charge in [0.1, 0.15) is 0 Å². The number of rotatable bonds is 9. The van der Waals surface area contributed by atoms with E-state index in [0.29, 0.717) is 50.0 Å². The normalized spacial score (nSPS) is 13.4. The van der Waals surface area contributed by atoms with Crippen molar-refractivity contribution in [2.24, 2.45) is 0 Å². The van der Waals surface area contributed by atoms with Crippen molar-refractivity contribution in [3.05, 3.63) is 95.6 Å². The summed E-state index contributed by atoms with van der Waals surface area (Å²) in [7, 11) is 0. The summed E-state index contributed by atoms with van der Waals surface area (Å²) in [6, 6.07) is 24.4. The second-order valence-corrected chi connectivity index (χ2v) is 8.10. The zero-order valence-electron chi connectivity index (χ0n) is 19.8. The molecule has 0 saturated carbocycles. The summed E-state index contributed by atoms with van der Waals surface area (Å²) < 4.78 is 16.8. The lowest BCUT2D eigenvalue weighted by Gasteiger charge is -2.26. The van der Waals surface area contributed by atoms with Crippen molar-refractivity contribution in [3.8, 4) is 11.5 Å². The molecule has 1 saturated heterocycles. The van der Waals surface area contributed by atoms with Gasteiger partial charge in [-0.2, -0.15) is 0 Å². The van der Waals surface area contributed by atoms with Crippen LogP contribution in [0.2, 0.25) is 0 Å². The van der Waals surface area contributed by atoms with Crippen LogP contribution in [0.4, 0.5) is 0 Å². The molecule has 35 heavy (non-hydrogen) atoms. The van der Waals surface area contributed by atoms with Crippen LogP contribution < -0.4 is 14.8 Å². The number of hydrogen-bond acceptors (Lipinski definition) is 5. The van der Waals surface area contributed by atoms with E-state index in [9.17, 15) is 9.59 Å². The number of carbonyl (C=O) groups excluding carboxylic acids is 2. The van der Waals surface area contributed by atoms with Crippen LogP contribution >= 0.6 is 0 Å². The summed E-state index contributed by atoms with van der Waals surface area (Å²) in [5.41, 5.74) is 2.41. The van der Waals surface area contributed by atoms with Crippen molar-refractivity contribution in [1.29, 1.82) is 0 Å². The maximum absolute atomic E-state index is 13.3. The molecular formula is C28H30N2O5. The summed E-state index contributed by atoms with van der Waals surface area (Å²) in [5, 5.41) is 3.14. The van der Waals surface area contributed by atoms with Crippen molar-refractivity contribution in [1.82, 2.24) is 10.2 Å². The van der Waals surface area contributed by atoms with Gasteiger partial charge in [-0.25, -0.2) is 0 Å². The molecule has 0 bridgehead atoms. The molecule has 1 N–H and O–H groups in total. The van der Waals surface area contributed by atoms with Gasteiger partial charge in [0.25, 0.3) is 11.8 Å². The molecule has 0 spiro atoms. The van der Waals surface area contributed by atoms with E-state index in [4.69, 9.17) is 14.2 Å². The monoisotopic (exact) mass is 474 g/mol. The Morgan fingerprint density at radius 3 is 2.11 bits per heavy atom. The van der Waals surface area contributed by atoms with Crippen LogP contribution in [0, 0.1) is 0 Å². The summed E-state index contributed by atoms with van der Waals surface area (Å²) in [5.74, 6) is 0.504. The molecule has 0 unspecified atom stereocenters. The zero-order valence-corrected chi connectivity index (χ0v) is 19.8. The van der Waals surface area contributed by atoms with Gasteiger partial charge >= 0.3 is 0 Å². The lowest BCUT2D eigenvalue weighted by Crippen LogP contribution is -2.43. The van der Waals surface area contributed by atoms with Gasteiger partial charge in [-0.3, -0.25) is 9.59 Å². The highest BCUT2D eigenvalue weighted by molar-refractivity contribution is 5.95. The van der Waals surface area contributed by atoms with E-state index >= 15 is 0 Å². The first-order valence-corrected chi connectivity index (χ1v) is 11.8. The van der Waals surface area contributed by atoms with Crippen LogP contribution in [-0.2, 0) is 9.53 Å². The lowest BCUT2D eigenvalue weighted by molar-refractivity contribution is -0.137. The summed E-state index contributed by atoms with van der Waals surface area (Å²) in [6.45, 7) is 4.34. The van der Waals surface area contributed by atoms with Gasteiger partial charge in [0.05, 0.1) is 25.9 Å². The van der Waals surface area contributed by atoms with Crippen molar-refractivity contribution in [2.45, 2.75) is 13.0 Å². The third-order valence-corrected chi connectivity index (χ3v) is 5.76. The van der Waals surface area contributed by atoms with Crippen molar-refractivity contribution >= 4 is 11.8 Å². The van der Waals surface area contributed by atoms with E-state index < -0.39 is 0 Å². The van der Waals surface area contributed by atoms with Gasteiger partial charge < -0.3 is 24.4 Å². The number of nitrogens with one attached hydrogen (secondary N) is 1. The number of benzene rings is 3. The molecule has 4 rings (SSSR count). The summed E-state index contributed by atoms with van der Waals surface area (Å²) in [6.07, 6.45) is 0. The fraction of sp³-hybridized carbons (Fsp3) is 0.286. The SMILES string of the molecule is CCOc1cc(C(=O)NC(c2ccccc2)c2ccccc2)ccc1OCC(=O)N1CCOCC1. The number of ether oxygens (including phenoxy) is 3. The predicted octanol–water partition coefficient (Wildman–Crippen LogP) is 3.84. The highest BCUT2D eigenvalue weighted by Crippen LogP contribution is 2.29. The Morgan fingerprint density at radius 1 is 0.886 bits per heavy atom. The fourth-order valence-corrected chi connectivity index (χ4v) is 3.94. The molecule has 3 aromatic rings. The quantitative estimate of drug-likeness (QED) is 0.510. The van der Waals surface area contributed by atoms with Gasteiger partial charge in [-0.05, 0) is 36.2 Å². The molecule has 0 atom stereocenters. The minimum atomic E-state index is -0.303. The van der Waals surface area contributed by atoms with Gasteiger partial charge in [0, 0.05) is 18.7 Å². The molecule has 1 aliphatic rings. The lowest BCUT2D eigenvalue weighted by atomic mass is 9.98. The van der Waals surface area contributed by atoms with E-state index in [1.807, 2.05) is 67.6 Å². The van der Waals surface area contributed by atoms with Gasteiger partial charge in [-0.1, -0.05) is 60.7 Å². The first-order chi connectivity index (χ1) is 17.2. The molecule has 2 amide bonds. The van der Waals surface area contributed by atoms with Crippen LogP contribution in [0.25, 0.3) is 0 Å². The van der Waals surface area contributed by atoms with Crippen molar-refractivity contribution in [2.75, 3.05) is 39.5 Å². The van der Waals surface area contributed by atoms with Crippen molar-refractivity contribution < 1.29 is 23.8 Å². The van der Waals surface area contributed by atoms with Crippen LogP contribution in [-0.4, -0.2) is 56.2 Å². The molecule has 182 valence electrons. The maximum atomic E-state index is 13.3. The van der Waals surface area contributed by atoms with E-state index in [1.165, 1.54) is 0 Å². The van der Waals surface area contributed by atoms with Crippen LogP contribution in [0.1, 0.15) is 34.5 Å². The second kappa shape index (κ2) is 12.0. The molecule has 3 aromatic carbocycles. The first-order valence-electron chi connectivity index (χ1n) is 11.8. The molecular weight excluding hydrogens is 444 g/mol. The van der Waals surface area contributed by atoms with Crippen LogP contribution in [0.15, 0.2) is 78.9 Å². The molecule has 1 heterocycles. The molecule has 1 aliphatic heterocycles. The molecule has 7 heteroatoms. The van der Waals surface area contributed by atoms with E-state index in [-0.39, 0.29) is 24.5 Å². The minimum absolute atomic E-state index is 0.101. The largest absolute Gasteiger partial charge is 0.490 e. The summed E-state index contributed by atoms with van der Waals surface area (Å²) >= 11 is 0. The Hall–Kier alpha value is -3.84. The first kappa shape index (κ1) is 24.3. The van der Waals surface area contributed by atoms with E-state index in [2.05, 4.69) is 5.32 Å². The van der Waals surface area contributed by atoms with Gasteiger partial charge in [-0.15, -0.1) is 0 Å². The number of morpholine rings is 1. The van der Waals surface area contributed by atoms with Crippen LogP contribution in [0.5, 0.6) is 11.5 Å². The highest BCUT2D eigenvalue weighted by Gasteiger charge is 2.21. The van der Waals surface area contributed by atoms with E-state index in [1.54, 1.807) is 23.1 Å². The number of nitrogens with zero attached hydrogens (tertiary/aromatic N) is 1. The Balaban J connectivity index is 1.49. The average Bonchev–Trinajstić information content (AvgIpc) is 2.92. The maximum Gasteiger partial charge on any atom is 0.260 e. The van der Waals surface area contributed by atoms with Gasteiger partial charge in [0.15, 0.2) is 18.1 Å². The standard InChI is InChI=1S/C28H30N2O5/c1-2-34-25-19-23(13-14-24(25)35-20-26(31)30-15-17-33-18-16-30)28(32)29-27(21-9-5-3-6-10-21)22-11-7-4-8-12-22/h3-14,19,27H,2,15-18,20H2,1H3,(H,29,32). The minimum Gasteiger partial charge on any atom is -0.490 e. The molecule has 0 aliphatic carbocycles. The second-order valence-electron chi connectivity index (χ2n) is 8.10. The smallest absolute Gasteiger partial charge is 0.260 e. The van der Waals surface area contributed by atoms with E-state index in [0.717, 1.165) is 11.1 Å². The zero-order chi connectivity index (χ0) is 24.5. The number of carbonyl (C=O) groups is 2. The molecule has 1 fully saturated rings. The Bertz CT molecular complexity index is 1080. The molecule has 7 nitrogen and oxygen atoms in total. The van der Waals surface area contributed by atoms with Crippen molar-refractivity contribution in [3.63, 3.8) is 0 Å². The highest BCUT2D eigenvalue weighted by atomic mass is 16.5. The molecule has 0 radical (unpaired) electrons. The Labute approximate surface area is 205 Å². The third kappa shape index (κ3) is 6.39. The number of amides is 2. The number of hydrogen-bond donors (Lipinski definition) is 1. The predicted molar refractivity (Wildman–Crippen MR) is 133 cm³/mol. The third-order valence-electron chi connectivity index (χ3n) is 5.76. The average molecular weight is 475 g/mol.